The van der Waals surface area contributed by atoms with E-state index in [1.165, 1.54) is 5.69 Å². The molecule has 4 heterocycles. The summed E-state index contributed by atoms with van der Waals surface area (Å²) in [4.78, 5) is 17.3. The Balaban J connectivity index is 1.42. The Hall–Kier alpha value is -2.22. The standard InChI is InChI=1S/C18H27N7O/c1-4-25-15(5-8-19-25)14-6-9-23(10-7-14)18(26)16-11-24-13(2)20-21-17(24)12-22(16)3/h5,8,14,16H,4,6-7,9-12H2,1-3H3. The van der Waals surface area contributed by atoms with Gasteiger partial charge in [-0.2, -0.15) is 5.10 Å². The van der Waals surface area contributed by atoms with Gasteiger partial charge in [0.25, 0.3) is 0 Å². The molecule has 0 saturated carbocycles. The van der Waals surface area contributed by atoms with Crippen LogP contribution in [0.4, 0.5) is 0 Å². The molecule has 1 atom stereocenters. The van der Waals surface area contributed by atoms with Crippen LogP contribution >= 0.6 is 0 Å². The second kappa shape index (κ2) is 6.83. The van der Waals surface area contributed by atoms with Crippen molar-refractivity contribution in [3.8, 4) is 0 Å². The van der Waals surface area contributed by atoms with Crippen molar-refractivity contribution in [1.82, 2.24) is 34.3 Å². The lowest BCUT2D eigenvalue weighted by Crippen LogP contribution is -2.53. The third-order valence-electron chi connectivity index (χ3n) is 5.85. The number of hydrogen-bond acceptors (Lipinski definition) is 5. The first-order valence-electron chi connectivity index (χ1n) is 9.48. The van der Waals surface area contributed by atoms with Gasteiger partial charge >= 0.3 is 0 Å². The van der Waals surface area contributed by atoms with Crippen LogP contribution in [0.25, 0.3) is 0 Å². The lowest BCUT2D eigenvalue weighted by atomic mass is 9.93. The van der Waals surface area contributed by atoms with Crippen LogP contribution in [0.1, 0.15) is 43.0 Å². The number of piperidine rings is 1. The number of nitrogens with zero attached hydrogens (tertiary/aromatic N) is 7. The maximum Gasteiger partial charge on any atom is 0.241 e. The molecule has 8 nitrogen and oxygen atoms in total. The number of aromatic nitrogens is 5. The van der Waals surface area contributed by atoms with Crippen molar-refractivity contribution < 1.29 is 4.79 Å². The minimum atomic E-state index is -0.130. The van der Waals surface area contributed by atoms with Crippen molar-refractivity contribution in [2.24, 2.45) is 0 Å². The van der Waals surface area contributed by atoms with E-state index < -0.39 is 0 Å². The Labute approximate surface area is 153 Å². The van der Waals surface area contributed by atoms with Gasteiger partial charge in [0.2, 0.25) is 5.91 Å². The second-order valence-electron chi connectivity index (χ2n) is 7.38. The molecule has 2 aliphatic rings. The van der Waals surface area contributed by atoms with Crippen LogP contribution < -0.4 is 0 Å². The monoisotopic (exact) mass is 357 g/mol. The third-order valence-corrected chi connectivity index (χ3v) is 5.85. The van der Waals surface area contributed by atoms with Crippen LogP contribution in [0.15, 0.2) is 12.3 Å². The van der Waals surface area contributed by atoms with E-state index in [0.29, 0.717) is 19.0 Å². The predicted molar refractivity (Wildman–Crippen MR) is 96.5 cm³/mol. The minimum absolute atomic E-state index is 0.130. The first kappa shape index (κ1) is 17.2. The molecular formula is C18H27N7O. The average molecular weight is 357 g/mol. The molecule has 4 rings (SSSR count). The first-order chi connectivity index (χ1) is 12.6. The fourth-order valence-corrected chi connectivity index (χ4v) is 4.25. The van der Waals surface area contributed by atoms with Crippen LogP contribution in [0.3, 0.4) is 0 Å². The van der Waals surface area contributed by atoms with Crippen LogP contribution in [-0.4, -0.2) is 66.4 Å². The van der Waals surface area contributed by atoms with Gasteiger partial charge in [-0.05, 0) is 39.8 Å². The molecule has 1 saturated heterocycles. The van der Waals surface area contributed by atoms with E-state index in [0.717, 1.165) is 44.1 Å². The van der Waals surface area contributed by atoms with Gasteiger partial charge in [0, 0.05) is 37.4 Å². The Kier molecular flexibility index (Phi) is 4.52. The molecule has 0 bridgehead atoms. The zero-order valence-corrected chi connectivity index (χ0v) is 15.8. The Morgan fingerprint density at radius 3 is 2.77 bits per heavy atom. The largest absolute Gasteiger partial charge is 0.341 e. The Bertz CT molecular complexity index is 787. The zero-order chi connectivity index (χ0) is 18.3. The molecule has 0 aromatic carbocycles. The van der Waals surface area contributed by atoms with E-state index in [2.05, 4.69) is 42.4 Å². The number of likely N-dealkylation sites (tertiary alicyclic amines) is 1. The predicted octanol–water partition coefficient (Wildman–Crippen LogP) is 1.02. The number of likely N-dealkylation sites (N-methyl/N-ethyl adjacent to an activating group) is 1. The van der Waals surface area contributed by atoms with Crippen molar-refractivity contribution in [2.45, 2.75) is 58.3 Å². The summed E-state index contributed by atoms with van der Waals surface area (Å²) < 4.78 is 4.16. The van der Waals surface area contributed by atoms with Gasteiger partial charge in [-0.15, -0.1) is 10.2 Å². The maximum absolute atomic E-state index is 13.1. The molecule has 1 fully saturated rings. The molecule has 2 aromatic rings. The van der Waals surface area contributed by atoms with E-state index in [1.807, 2.05) is 25.1 Å². The molecule has 8 heteroatoms. The highest BCUT2D eigenvalue weighted by Crippen LogP contribution is 2.29. The summed E-state index contributed by atoms with van der Waals surface area (Å²) in [5.74, 6) is 2.56. The summed E-state index contributed by atoms with van der Waals surface area (Å²) in [5.41, 5.74) is 1.30. The topological polar surface area (TPSA) is 72.1 Å². The van der Waals surface area contributed by atoms with Gasteiger partial charge < -0.3 is 9.47 Å². The molecule has 1 amide bonds. The maximum atomic E-state index is 13.1. The number of carbonyl (C=O) groups is 1. The summed E-state index contributed by atoms with van der Waals surface area (Å²) in [6.07, 6.45) is 3.89. The minimum Gasteiger partial charge on any atom is -0.341 e. The van der Waals surface area contributed by atoms with Crippen molar-refractivity contribution in [3.05, 3.63) is 29.6 Å². The molecular weight excluding hydrogens is 330 g/mol. The molecule has 0 aliphatic carbocycles. The van der Waals surface area contributed by atoms with Crippen LogP contribution in [0, 0.1) is 6.92 Å². The summed E-state index contributed by atoms with van der Waals surface area (Å²) in [7, 11) is 2.00. The summed E-state index contributed by atoms with van der Waals surface area (Å²) in [6, 6.07) is 1.99. The summed E-state index contributed by atoms with van der Waals surface area (Å²) >= 11 is 0. The number of amides is 1. The number of aryl methyl sites for hydroxylation is 2. The first-order valence-corrected chi connectivity index (χ1v) is 9.48. The second-order valence-corrected chi connectivity index (χ2v) is 7.38. The van der Waals surface area contributed by atoms with Gasteiger partial charge in [0.05, 0.1) is 13.1 Å². The highest BCUT2D eigenvalue weighted by atomic mass is 16.2. The highest BCUT2D eigenvalue weighted by Gasteiger charge is 2.35. The summed E-state index contributed by atoms with van der Waals surface area (Å²) in [6.45, 7) is 7.92. The van der Waals surface area contributed by atoms with Gasteiger partial charge in [-0.3, -0.25) is 14.4 Å². The molecule has 0 spiro atoms. The molecule has 1 unspecified atom stereocenters. The van der Waals surface area contributed by atoms with Crippen molar-refractivity contribution >= 4 is 5.91 Å². The van der Waals surface area contributed by atoms with Crippen molar-refractivity contribution in [1.29, 1.82) is 0 Å². The average Bonchev–Trinajstić information content (AvgIpc) is 3.27. The molecule has 26 heavy (non-hydrogen) atoms. The fraction of sp³-hybridized carbons (Fsp3) is 0.667. The van der Waals surface area contributed by atoms with Crippen molar-refractivity contribution in [2.75, 3.05) is 20.1 Å². The smallest absolute Gasteiger partial charge is 0.241 e. The molecule has 140 valence electrons. The Morgan fingerprint density at radius 1 is 1.27 bits per heavy atom. The van der Waals surface area contributed by atoms with Crippen molar-refractivity contribution in [3.63, 3.8) is 0 Å². The van der Waals surface area contributed by atoms with Gasteiger partial charge in [0.1, 0.15) is 17.7 Å². The van der Waals surface area contributed by atoms with E-state index in [-0.39, 0.29) is 11.9 Å². The normalized spacial score (nSPS) is 21.8. The number of rotatable bonds is 3. The van der Waals surface area contributed by atoms with Gasteiger partial charge in [0.15, 0.2) is 0 Å². The van der Waals surface area contributed by atoms with Crippen LogP contribution in [-0.2, 0) is 24.4 Å². The third kappa shape index (κ3) is 2.92. The van der Waals surface area contributed by atoms with Crippen LogP contribution in [0.2, 0.25) is 0 Å². The fourth-order valence-electron chi connectivity index (χ4n) is 4.25. The summed E-state index contributed by atoms with van der Waals surface area (Å²) in [5, 5.41) is 12.7. The number of carbonyl (C=O) groups excluding carboxylic acids is 1. The van der Waals surface area contributed by atoms with E-state index in [4.69, 9.17) is 0 Å². The Morgan fingerprint density at radius 2 is 2.04 bits per heavy atom. The van der Waals surface area contributed by atoms with E-state index in [1.54, 1.807) is 0 Å². The molecule has 0 radical (unpaired) electrons. The SMILES string of the molecule is CCn1nccc1C1CCN(C(=O)C2Cn3c(C)nnc3CN2C)CC1. The quantitative estimate of drug-likeness (QED) is 0.820. The molecule has 0 N–H and O–H groups in total. The zero-order valence-electron chi connectivity index (χ0n) is 15.8. The lowest BCUT2D eigenvalue weighted by Gasteiger charge is -2.38. The van der Waals surface area contributed by atoms with E-state index in [9.17, 15) is 4.79 Å². The number of fused-ring (bicyclic) bond motifs is 1. The molecule has 2 aromatic heterocycles. The van der Waals surface area contributed by atoms with E-state index >= 15 is 0 Å². The number of hydrogen-bond donors (Lipinski definition) is 0. The van der Waals surface area contributed by atoms with Gasteiger partial charge in [-0.25, -0.2) is 0 Å². The lowest BCUT2D eigenvalue weighted by molar-refractivity contribution is -0.139. The highest BCUT2D eigenvalue weighted by molar-refractivity contribution is 5.82. The molecule has 2 aliphatic heterocycles. The van der Waals surface area contributed by atoms with Gasteiger partial charge in [-0.1, -0.05) is 0 Å². The van der Waals surface area contributed by atoms with Crippen LogP contribution in [0.5, 0.6) is 0 Å².